The monoisotopic (exact) mass is 376 g/mol. The van der Waals surface area contributed by atoms with Crippen molar-refractivity contribution in [2.75, 3.05) is 0 Å². The highest BCUT2D eigenvalue weighted by atomic mass is 79.9. The van der Waals surface area contributed by atoms with Crippen molar-refractivity contribution in [2.45, 2.75) is 12.5 Å². The van der Waals surface area contributed by atoms with E-state index in [-0.39, 0.29) is 11.9 Å². The van der Waals surface area contributed by atoms with Gasteiger partial charge in [0.2, 0.25) is 0 Å². The molecule has 2 aromatic carbocycles. The third-order valence-corrected chi connectivity index (χ3v) is 4.56. The van der Waals surface area contributed by atoms with Crippen molar-refractivity contribution in [3.8, 4) is 0 Å². The minimum Gasteiger partial charge on any atom is -0.271 e. The Morgan fingerprint density at radius 2 is 1.95 bits per heavy atom. The molecule has 0 bridgehead atoms. The van der Waals surface area contributed by atoms with Crippen LogP contribution in [0, 0.1) is 5.82 Å². The van der Waals surface area contributed by atoms with E-state index in [1.54, 1.807) is 18.2 Å². The number of hydrazine groups is 1. The second kappa shape index (κ2) is 6.87. The summed E-state index contributed by atoms with van der Waals surface area (Å²) in [6, 6.07) is 9.99. The lowest BCUT2D eigenvalue weighted by Gasteiger charge is -2.18. The van der Waals surface area contributed by atoms with Crippen LogP contribution in [-0.2, 0) is 6.42 Å². The number of hydrogen-bond acceptors (Lipinski definition) is 2. The van der Waals surface area contributed by atoms with E-state index < -0.39 is 0 Å². The summed E-state index contributed by atoms with van der Waals surface area (Å²) >= 11 is 15.1. The number of benzene rings is 2. The predicted octanol–water partition coefficient (Wildman–Crippen LogP) is 4.64. The average Bonchev–Trinajstić information content (AvgIpc) is 2.43. The van der Waals surface area contributed by atoms with Crippen molar-refractivity contribution >= 4 is 39.1 Å². The van der Waals surface area contributed by atoms with Gasteiger partial charge in [0.1, 0.15) is 5.82 Å². The first-order valence-electron chi connectivity index (χ1n) is 5.87. The molecule has 2 rings (SSSR count). The summed E-state index contributed by atoms with van der Waals surface area (Å²) in [5.41, 5.74) is 4.40. The molecule has 0 aliphatic carbocycles. The Labute approximate surface area is 135 Å². The van der Waals surface area contributed by atoms with Gasteiger partial charge in [0.15, 0.2) is 0 Å². The van der Waals surface area contributed by atoms with Gasteiger partial charge in [-0.05, 0) is 51.7 Å². The van der Waals surface area contributed by atoms with E-state index >= 15 is 0 Å². The van der Waals surface area contributed by atoms with E-state index in [1.165, 1.54) is 6.07 Å². The van der Waals surface area contributed by atoms with Crippen molar-refractivity contribution in [2.24, 2.45) is 5.84 Å². The smallest absolute Gasteiger partial charge is 0.137 e. The van der Waals surface area contributed by atoms with Gasteiger partial charge < -0.3 is 0 Å². The topological polar surface area (TPSA) is 38.0 Å². The molecule has 6 heteroatoms. The minimum atomic E-state index is -0.322. The maximum absolute atomic E-state index is 13.6. The molecule has 0 amide bonds. The maximum atomic E-state index is 13.6. The standard InChI is InChI=1S/C14H12BrCl2FN2/c15-14-9(2-1-3-12(14)18)13(20-19)7-8-4-5-10(16)11(17)6-8/h1-6,13,20H,7,19H2. The molecule has 2 nitrogen and oxygen atoms in total. The highest BCUT2D eigenvalue weighted by Crippen LogP contribution is 2.29. The molecule has 2 aromatic rings. The van der Waals surface area contributed by atoms with Gasteiger partial charge in [0.05, 0.1) is 20.6 Å². The highest BCUT2D eigenvalue weighted by molar-refractivity contribution is 9.10. The average molecular weight is 378 g/mol. The molecule has 0 spiro atoms. The zero-order valence-corrected chi connectivity index (χ0v) is 13.4. The predicted molar refractivity (Wildman–Crippen MR) is 84.3 cm³/mol. The Hall–Kier alpha value is -0.650. The molecule has 1 atom stereocenters. The highest BCUT2D eigenvalue weighted by Gasteiger charge is 2.16. The fraction of sp³-hybridized carbons (Fsp3) is 0.143. The molecule has 0 fully saturated rings. The lowest BCUT2D eigenvalue weighted by Crippen LogP contribution is -2.30. The lowest BCUT2D eigenvalue weighted by atomic mass is 9.99. The summed E-state index contributed by atoms with van der Waals surface area (Å²) in [5.74, 6) is 5.26. The van der Waals surface area contributed by atoms with Crippen LogP contribution in [0.15, 0.2) is 40.9 Å². The van der Waals surface area contributed by atoms with E-state index in [1.807, 2.05) is 12.1 Å². The Kier molecular flexibility index (Phi) is 5.41. The minimum absolute atomic E-state index is 0.239. The summed E-state index contributed by atoms with van der Waals surface area (Å²) in [6.45, 7) is 0. The van der Waals surface area contributed by atoms with E-state index in [2.05, 4.69) is 21.4 Å². The Morgan fingerprint density at radius 3 is 2.60 bits per heavy atom. The van der Waals surface area contributed by atoms with Crippen LogP contribution in [0.2, 0.25) is 10.0 Å². The first-order valence-corrected chi connectivity index (χ1v) is 7.41. The molecule has 20 heavy (non-hydrogen) atoms. The third kappa shape index (κ3) is 3.51. The van der Waals surface area contributed by atoms with Crippen LogP contribution in [0.4, 0.5) is 4.39 Å². The van der Waals surface area contributed by atoms with Crippen LogP contribution in [0.1, 0.15) is 17.2 Å². The van der Waals surface area contributed by atoms with Gasteiger partial charge in [-0.15, -0.1) is 0 Å². The van der Waals surface area contributed by atoms with Gasteiger partial charge in [-0.25, -0.2) is 4.39 Å². The molecule has 0 aliphatic rings. The van der Waals surface area contributed by atoms with Crippen molar-refractivity contribution in [3.63, 3.8) is 0 Å². The van der Waals surface area contributed by atoms with E-state index in [9.17, 15) is 4.39 Å². The molecule has 3 N–H and O–H groups in total. The number of hydrogen-bond donors (Lipinski definition) is 2. The molecule has 1 unspecified atom stereocenters. The van der Waals surface area contributed by atoms with Crippen LogP contribution in [-0.4, -0.2) is 0 Å². The lowest BCUT2D eigenvalue weighted by molar-refractivity contribution is 0.540. The largest absolute Gasteiger partial charge is 0.271 e. The van der Waals surface area contributed by atoms with Gasteiger partial charge in [-0.2, -0.15) is 0 Å². The van der Waals surface area contributed by atoms with Gasteiger partial charge in [-0.3, -0.25) is 11.3 Å². The van der Waals surface area contributed by atoms with Crippen molar-refractivity contribution in [1.82, 2.24) is 5.43 Å². The Bertz CT molecular complexity index is 622. The van der Waals surface area contributed by atoms with Crippen LogP contribution in [0.25, 0.3) is 0 Å². The van der Waals surface area contributed by atoms with Crippen LogP contribution < -0.4 is 11.3 Å². The third-order valence-electron chi connectivity index (χ3n) is 2.98. The molecule has 0 heterocycles. The molecular weight excluding hydrogens is 366 g/mol. The van der Waals surface area contributed by atoms with Crippen LogP contribution >= 0.6 is 39.1 Å². The van der Waals surface area contributed by atoms with Gasteiger partial charge >= 0.3 is 0 Å². The quantitative estimate of drug-likeness (QED) is 0.601. The molecule has 0 radical (unpaired) electrons. The van der Waals surface area contributed by atoms with Crippen molar-refractivity contribution < 1.29 is 4.39 Å². The van der Waals surface area contributed by atoms with Crippen LogP contribution in [0.5, 0.6) is 0 Å². The SMILES string of the molecule is NNC(Cc1ccc(Cl)c(Cl)c1)c1cccc(F)c1Br. The van der Waals surface area contributed by atoms with Crippen molar-refractivity contribution in [3.05, 3.63) is 67.9 Å². The first-order chi connectivity index (χ1) is 9.52. The summed E-state index contributed by atoms with van der Waals surface area (Å²) in [6.07, 6.45) is 0.565. The summed E-state index contributed by atoms with van der Waals surface area (Å²) in [5, 5.41) is 0.984. The summed E-state index contributed by atoms with van der Waals surface area (Å²) < 4.78 is 14.0. The normalized spacial score (nSPS) is 12.4. The van der Waals surface area contributed by atoms with Crippen molar-refractivity contribution in [1.29, 1.82) is 0 Å². The fourth-order valence-corrected chi connectivity index (χ4v) is 2.81. The molecule has 0 aliphatic heterocycles. The maximum Gasteiger partial charge on any atom is 0.137 e. The first kappa shape index (κ1) is 15.7. The zero-order valence-electron chi connectivity index (χ0n) is 10.3. The number of halogens is 4. The van der Waals surface area contributed by atoms with E-state index in [0.29, 0.717) is 20.9 Å². The van der Waals surface area contributed by atoms with Gasteiger partial charge in [-0.1, -0.05) is 41.4 Å². The zero-order chi connectivity index (χ0) is 14.7. The van der Waals surface area contributed by atoms with Gasteiger partial charge in [0.25, 0.3) is 0 Å². The van der Waals surface area contributed by atoms with E-state index in [0.717, 1.165) is 11.1 Å². The number of rotatable bonds is 4. The molecule has 106 valence electrons. The Morgan fingerprint density at radius 1 is 1.20 bits per heavy atom. The number of nitrogens with two attached hydrogens (primary N) is 1. The second-order valence-electron chi connectivity index (χ2n) is 4.31. The van der Waals surface area contributed by atoms with Gasteiger partial charge in [0, 0.05) is 0 Å². The molecular formula is C14H12BrCl2FN2. The van der Waals surface area contributed by atoms with Crippen LogP contribution in [0.3, 0.4) is 0 Å². The van der Waals surface area contributed by atoms with E-state index in [4.69, 9.17) is 29.0 Å². The number of nitrogens with one attached hydrogen (secondary N) is 1. The molecule has 0 saturated heterocycles. The molecule has 0 aromatic heterocycles. The fourth-order valence-electron chi connectivity index (χ4n) is 1.95. The molecule has 0 saturated carbocycles. The Balaban J connectivity index is 2.28. The summed E-state index contributed by atoms with van der Waals surface area (Å²) in [4.78, 5) is 0. The second-order valence-corrected chi connectivity index (χ2v) is 5.92. The summed E-state index contributed by atoms with van der Waals surface area (Å²) in [7, 11) is 0.